The van der Waals surface area contributed by atoms with Crippen LogP contribution < -0.4 is 0 Å². The normalized spacial score (nSPS) is 26.3. The van der Waals surface area contributed by atoms with Gasteiger partial charge in [-0.3, -0.25) is 4.79 Å². The van der Waals surface area contributed by atoms with Crippen LogP contribution in [0.15, 0.2) is 10.5 Å². The summed E-state index contributed by atoms with van der Waals surface area (Å²) >= 11 is 0. The molecule has 0 spiro atoms. The van der Waals surface area contributed by atoms with Gasteiger partial charge in [-0.1, -0.05) is 0 Å². The van der Waals surface area contributed by atoms with Gasteiger partial charge in [0.25, 0.3) is 5.91 Å². The standard InChI is InChI=1S/C14H20N2O4S/c1-9-8-11(10(2)20-9)14(17)15-6-4-13-12(15)5-7-16(13)21(3,18)19/h8,12-13H,4-7H2,1-3H3/t12-,13+/m1/s1. The number of nitrogens with zero attached hydrogens (tertiary/aromatic N) is 2. The van der Waals surface area contributed by atoms with Crippen molar-refractivity contribution in [3.8, 4) is 0 Å². The van der Waals surface area contributed by atoms with Gasteiger partial charge in [0, 0.05) is 25.2 Å². The van der Waals surface area contributed by atoms with Crippen LogP contribution in [0.2, 0.25) is 0 Å². The van der Waals surface area contributed by atoms with Crippen molar-refractivity contribution in [2.24, 2.45) is 0 Å². The molecule has 0 bridgehead atoms. The highest BCUT2D eigenvalue weighted by Gasteiger charge is 2.47. The van der Waals surface area contributed by atoms with Crippen LogP contribution in [0.1, 0.15) is 34.7 Å². The summed E-state index contributed by atoms with van der Waals surface area (Å²) in [6.45, 7) is 4.70. The molecule has 1 aromatic heterocycles. The maximum atomic E-state index is 12.7. The fraction of sp³-hybridized carbons (Fsp3) is 0.643. The lowest BCUT2D eigenvalue weighted by Gasteiger charge is -2.24. The van der Waals surface area contributed by atoms with Crippen LogP contribution in [0.3, 0.4) is 0 Å². The van der Waals surface area contributed by atoms with E-state index in [9.17, 15) is 13.2 Å². The summed E-state index contributed by atoms with van der Waals surface area (Å²) in [6.07, 6.45) is 2.65. The first-order valence-corrected chi connectivity index (χ1v) is 8.98. The third kappa shape index (κ3) is 2.38. The Bertz CT molecular complexity index is 679. The van der Waals surface area contributed by atoms with E-state index in [1.807, 2.05) is 11.8 Å². The number of hydrogen-bond donors (Lipinski definition) is 0. The van der Waals surface area contributed by atoms with E-state index in [0.717, 1.165) is 5.76 Å². The number of aryl methyl sites for hydroxylation is 2. The van der Waals surface area contributed by atoms with Crippen LogP contribution in [0.25, 0.3) is 0 Å². The SMILES string of the molecule is Cc1cc(C(=O)N2CC[C@H]3[C@H]2CCN3S(C)(=O)=O)c(C)o1. The number of hydrogen-bond acceptors (Lipinski definition) is 4. The zero-order valence-electron chi connectivity index (χ0n) is 12.5. The van der Waals surface area contributed by atoms with E-state index >= 15 is 0 Å². The maximum Gasteiger partial charge on any atom is 0.257 e. The Labute approximate surface area is 124 Å². The van der Waals surface area contributed by atoms with Crippen molar-refractivity contribution < 1.29 is 17.6 Å². The van der Waals surface area contributed by atoms with Gasteiger partial charge in [0.05, 0.1) is 11.8 Å². The van der Waals surface area contributed by atoms with E-state index in [0.29, 0.717) is 37.3 Å². The molecule has 0 aliphatic carbocycles. The van der Waals surface area contributed by atoms with Crippen molar-refractivity contribution in [2.75, 3.05) is 19.3 Å². The van der Waals surface area contributed by atoms with Crippen molar-refractivity contribution in [1.82, 2.24) is 9.21 Å². The minimum Gasteiger partial charge on any atom is -0.466 e. The molecule has 2 saturated heterocycles. The first-order chi connectivity index (χ1) is 9.79. The minimum atomic E-state index is -3.20. The van der Waals surface area contributed by atoms with Gasteiger partial charge in [-0.15, -0.1) is 0 Å². The first-order valence-electron chi connectivity index (χ1n) is 7.14. The van der Waals surface area contributed by atoms with E-state index in [-0.39, 0.29) is 18.0 Å². The quantitative estimate of drug-likeness (QED) is 0.821. The molecule has 0 aromatic carbocycles. The monoisotopic (exact) mass is 312 g/mol. The molecule has 2 atom stereocenters. The molecule has 0 unspecified atom stereocenters. The van der Waals surface area contributed by atoms with E-state index in [4.69, 9.17) is 4.42 Å². The lowest BCUT2D eigenvalue weighted by atomic mass is 10.1. The zero-order valence-corrected chi connectivity index (χ0v) is 13.3. The second-order valence-electron chi connectivity index (χ2n) is 5.91. The molecule has 6 nitrogen and oxygen atoms in total. The number of rotatable bonds is 2. The lowest BCUT2D eigenvalue weighted by molar-refractivity contribution is 0.0733. The van der Waals surface area contributed by atoms with E-state index in [1.54, 1.807) is 17.3 Å². The summed E-state index contributed by atoms with van der Waals surface area (Å²) in [5, 5.41) is 0. The lowest BCUT2D eigenvalue weighted by Crippen LogP contribution is -2.41. The van der Waals surface area contributed by atoms with Gasteiger partial charge < -0.3 is 9.32 Å². The summed E-state index contributed by atoms with van der Waals surface area (Å²) < 4.78 is 30.5. The first kappa shape index (κ1) is 14.6. The number of furan rings is 1. The number of likely N-dealkylation sites (tertiary alicyclic amines) is 1. The second-order valence-corrected chi connectivity index (χ2v) is 7.85. The Morgan fingerprint density at radius 2 is 1.90 bits per heavy atom. The number of amides is 1. The van der Waals surface area contributed by atoms with Gasteiger partial charge in [-0.05, 0) is 32.8 Å². The third-order valence-corrected chi connectivity index (χ3v) is 5.79. The Balaban J connectivity index is 1.84. The molecule has 1 aromatic rings. The molecule has 7 heteroatoms. The second kappa shape index (κ2) is 4.84. The van der Waals surface area contributed by atoms with Gasteiger partial charge in [-0.2, -0.15) is 4.31 Å². The average Bonchev–Trinajstić information content (AvgIpc) is 3.00. The molecule has 0 saturated carbocycles. The van der Waals surface area contributed by atoms with Crippen LogP contribution >= 0.6 is 0 Å². The summed E-state index contributed by atoms with van der Waals surface area (Å²) in [6, 6.07) is 1.67. The van der Waals surface area contributed by atoms with Crippen LogP contribution in [0.5, 0.6) is 0 Å². The van der Waals surface area contributed by atoms with Crippen LogP contribution in [-0.4, -0.2) is 55.0 Å². The van der Waals surface area contributed by atoms with Crippen LogP contribution in [0, 0.1) is 13.8 Å². The Hall–Kier alpha value is -1.34. The molecule has 116 valence electrons. The fourth-order valence-electron chi connectivity index (χ4n) is 3.61. The molecule has 2 aliphatic heterocycles. The average molecular weight is 312 g/mol. The largest absolute Gasteiger partial charge is 0.466 e. The summed E-state index contributed by atoms with van der Waals surface area (Å²) in [5.74, 6) is 1.29. The highest BCUT2D eigenvalue weighted by molar-refractivity contribution is 7.88. The van der Waals surface area contributed by atoms with E-state index in [2.05, 4.69) is 0 Å². The van der Waals surface area contributed by atoms with Crippen molar-refractivity contribution in [3.05, 3.63) is 23.2 Å². The topological polar surface area (TPSA) is 70.8 Å². The zero-order chi connectivity index (χ0) is 15.4. The van der Waals surface area contributed by atoms with E-state index in [1.165, 1.54) is 6.26 Å². The van der Waals surface area contributed by atoms with E-state index < -0.39 is 10.0 Å². The molecule has 3 rings (SSSR count). The van der Waals surface area contributed by atoms with Gasteiger partial charge in [0.15, 0.2) is 0 Å². The van der Waals surface area contributed by atoms with Crippen molar-refractivity contribution in [1.29, 1.82) is 0 Å². The van der Waals surface area contributed by atoms with Gasteiger partial charge in [0.1, 0.15) is 11.5 Å². The number of sulfonamides is 1. The molecule has 0 N–H and O–H groups in total. The van der Waals surface area contributed by atoms with Crippen LogP contribution in [-0.2, 0) is 10.0 Å². The number of fused-ring (bicyclic) bond motifs is 1. The summed E-state index contributed by atoms with van der Waals surface area (Å²) in [7, 11) is -3.20. The van der Waals surface area contributed by atoms with Crippen molar-refractivity contribution in [2.45, 2.75) is 38.8 Å². The van der Waals surface area contributed by atoms with Gasteiger partial charge >= 0.3 is 0 Å². The molecule has 3 heterocycles. The predicted molar refractivity (Wildman–Crippen MR) is 77.6 cm³/mol. The highest BCUT2D eigenvalue weighted by Crippen LogP contribution is 2.34. The molecule has 2 aliphatic rings. The smallest absolute Gasteiger partial charge is 0.257 e. The molecule has 2 fully saturated rings. The Morgan fingerprint density at radius 1 is 1.24 bits per heavy atom. The van der Waals surface area contributed by atoms with Gasteiger partial charge in [0.2, 0.25) is 10.0 Å². The van der Waals surface area contributed by atoms with Crippen molar-refractivity contribution >= 4 is 15.9 Å². The minimum absolute atomic E-state index is 0.0122. The molecule has 1 amide bonds. The number of carbonyl (C=O) groups excluding carboxylic acids is 1. The maximum absolute atomic E-state index is 12.7. The highest BCUT2D eigenvalue weighted by atomic mass is 32.2. The molecular weight excluding hydrogens is 292 g/mol. The molecule has 21 heavy (non-hydrogen) atoms. The molecular formula is C14H20N2O4S. The van der Waals surface area contributed by atoms with Crippen LogP contribution in [0.4, 0.5) is 0 Å². The van der Waals surface area contributed by atoms with Gasteiger partial charge in [-0.25, -0.2) is 8.42 Å². The fourth-order valence-corrected chi connectivity index (χ4v) is 4.78. The Morgan fingerprint density at radius 3 is 2.48 bits per heavy atom. The predicted octanol–water partition coefficient (Wildman–Crippen LogP) is 1.14. The number of carbonyl (C=O) groups is 1. The molecule has 0 radical (unpaired) electrons. The summed E-state index contributed by atoms with van der Waals surface area (Å²) in [4.78, 5) is 14.5. The third-order valence-electron chi connectivity index (χ3n) is 4.48. The Kier molecular flexibility index (Phi) is 3.37. The van der Waals surface area contributed by atoms with Crippen molar-refractivity contribution in [3.63, 3.8) is 0 Å². The summed E-state index contributed by atoms with van der Waals surface area (Å²) in [5.41, 5.74) is 0.589.